The van der Waals surface area contributed by atoms with E-state index in [0.29, 0.717) is 16.6 Å². The van der Waals surface area contributed by atoms with Gasteiger partial charge in [-0.2, -0.15) is 0 Å². The molecule has 1 aromatic carbocycles. The van der Waals surface area contributed by atoms with E-state index in [1.165, 1.54) is 6.26 Å². The fourth-order valence-electron chi connectivity index (χ4n) is 2.11. The monoisotopic (exact) mass is 328 g/mol. The third-order valence-electron chi connectivity index (χ3n) is 3.32. The van der Waals surface area contributed by atoms with E-state index in [1.807, 2.05) is 0 Å². The van der Waals surface area contributed by atoms with Crippen molar-refractivity contribution in [2.75, 3.05) is 19.4 Å². The van der Waals surface area contributed by atoms with E-state index in [4.69, 9.17) is 17.0 Å². The summed E-state index contributed by atoms with van der Waals surface area (Å²) in [6.07, 6.45) is 3.63. The summed E-state index contributed by atoms with van der Waals surface area (Å²) in [5, 5.41) is 6.81. The van der Waals surface area contributed by atoms with Crippen molar-refractivity contribution in [1.82, 2.24) is 10.6 Å². The van der Waals surface area contributed by atoms with Crippen LogP contribution >= 0.6 is 12.2 Å². The molecule has 7 heteroatoms. The van der Waals surface area contributed by atoms with Gasteiger partial charge in [-0.25, -0.2) is 8.42 Å². The van der Waals surface area contributed by atoms with Crippen LogP contribution in [0.25, 0.3) is 0 Å². The molecule has 21 heavy (non-hydrogen) atoms. The molecule has 1 saturated heterocycles. The molecule has 0 aromatic heterocycles. The highest BCUT2D eigenvalue weighted by Crippen LogP contribution is 2.11. The third kappa shape index (κ3) is 5.26. The molecule has 1 atom stereocenters. The number of ether oxygens (including phenoxy) is 1. The first-order valence-corrected chi connectivity index (χ1v) is 9.17. The van der Waals surface area contributed by atoms with E-state index in [0.717, 1.165) is 31.6 Å². The highest BCUT2D eigenvalue weighted by atomic mass is 32.2. The summed E-state index contributed by atoms with van der Waals surface area (Å²) >= 11 is 5.20. The molecule has 5 nitrogen and oxygen atoms in total. The fraction of sp³-hybridized carbons (Fsp3) is 0.500. The Morgan fingerprint density at radius 3 is 2.62 bits per heavy atom. The molecule has 116 valence electrons. The third-order valence-corrected chi connectivity index (χ3v) is 4.74. The number of hydrogen-bond donors (Lipinski definition) is 2. The van der Waals surface area contributed by atoms with Crippen LogP contribution < -0.4 is 10.6 Å². The predicted molar refractivity (Wildman–Crippen MR) is 86.0 cm³/mol. The van der Waals surface area contributed by atoms with Gasteiger partial charge < -0.3 is 15.4 Å². The van der Waals surface area contributed by atoms with E-state index in [1.54, 1.807) is 24.3 Å². The van der Waals surface area contributed by atoms with Crippen molar-refractivity contribution in [2.45, 2.75) is 30.4 Å². The summed E-state index contributed by atoms with van der Waals surface area (Å²) in [5.41, 5.74) is 0.976. The van der Waals surface area contributed by atoms with Crippen LogP contribution in [-0.2, 0) is 21.1 Å². The molecule has 1 fully saturated rings. The van der Waals surface area contributed by atoms with Crippen molar-refractivity contribution >= 4 is 27.2 Å². The van der Waals surface area contributed by atoms with E-state index in [2.05, 4.69) is 10.6 Å². The Balaban J connectivity index is 1.75. The lowest BCUT2D eigenvalue weighted by atomic mass is 10.2. The molecule has 2 rings (SSSR count). The van der Waals surface area contributed by atoms with Crippen LogP contribution in [-0.4, -0.2) is 39.0 Å². The Bertz CT molecular complexity index is 579. The zero-order valence-electron chi connectivity index (χ0n) is 12.0. The molecule has 1 aliphatic heterocycles. The average molecular weight is 328 g/mol. The van der Waals surface area contributed by atoms with Gasteiger partial charge in [-0.3, -0.25) is 0 Å². The summed E-state index contributed by atoms with van der Waals surface area (Å²) in [6.45, 7) is 2.11. The lowest BCUT2D eigenvalue weighted by molar-refractivity contribution is 0.114. The molecule has 0 amide bonds. The van der Waals surface area contributed by atoms with E-state index >= 15 is 0 Å². The number of sulfone groups is 1. The maximum absolute atomic E-state index is 11.4. The lowest BCUT2D eigenvalue weighted by Gasteiger charge is -2.14. The van der Waals surface area contributed by atoms with Crippen LogP contribution in [0.1, 0.15) is 18.4 Å². The van der Waals surface area contributed by atoms with Gasteiger partial charge in [0.05, 0.1) is 11.0 Å². The minimum atomic E-state index is -3.14. The normalized spacial score (nSPS) is 18.4. The molecule has 1 heterocycles. The number of thiocarbonyl (C=S) groups is 1. The molecule has 0 aliphatic carbocycles. The number of benzene rings is 1. The molecule has 0 radical (unpaired) electrons. The molecule has 1 aliphatic rings. The van der Waals surface area contributed by atoms with Crippen LogP contribution in [0.3, 0.4) is 0 Å². The van der Waals surface area contributed by atoms with Gasteiger partial charge in [-0.15, -0.1) is 0 Å². The maximum Gasteiger partial charge on any atom is 0.175 e. The molecule has 0 saturated carbocycles. The van der Waals surface area contributed by atoms with Gasteiger partial charge in [-0.05, 0) is 42.8 Å². The summed E-state index contributed by atoms with van der Waals surface area (Å²) < 4.78 is 28.2. The fourth-order valence-corrected chi connectivity index (χ4v) is 2.90. The molecule has 0 unspecified atom stereocenters. The van der Waals surface area contributed by atoms with Crippen molar-refractivity contribution in [3.8, 4) is 0 Å². The molecular formula is C14H20N2O3S2. The summed E-state index contributed by atoms with van der Waals surface area (Å²) in [4.78, 5) is 0.324. The minimum Gasteiger partial charge on any atom is -0.376 e. The van der Waals surface area contributed by atoms with E-state index in [-0.39, 0.29) is 6.10 Å². The Labute approximate surface area is 131 Å². The van der Waals surface area contributed by atoms with E-state index < -0.39 is 9.84 Å². The quantitative estimate of drug-likeness (QED) is 0.793. The van der Waals surface area contributed by atoms with Crippen LogP contribution in [0.4, 0.5) is 0 Å². The van der Waals surface area contributed by atoms with Crippen molar-refractivity contribution in [3.63, 3.8) is 0 Å². The largest absolute Gasteiger partial charge is 0.376 e. The highest BCUT2D eigenvalue weighted by molar-refractivity contribution is 7.90. The second-order valence-electron chi connectivity index (χ2n) is 5.11. The van der Waals surface area contributed by atoms with Gasteiger partial charge in [0.2, 0.25) is 0 Å². The van der Waals surface area contributed by atoms with Gasteiger partial charge >= 0.3 is 0 Å². The molecule has 0 bridgehead atoms. The first-order chi connectivity index (χ1) is 9.95. The Morgan fingerprint density at radius 2 is 2.05 bits per heavy atom. The van der Waals surface area contributed by atoms with Crippen LogP contribution in [0.15, 0.2) is 29.2 Å². The first-order valence-electron chi connectivity index (χ1n) is 6.87. The summed E-state index contributed by atoms with van der Waals surface area (Å²) in [6, 6.07) is 6.78. The molecule has 0 spiro atoms. The summed E-state index contributed by atoms with van der Waals surface area (Å²) in [7, 11) is -3.14. The molecule has 2 N–H and O–H groups in total. The average Bonchev–Trinajstić information content (AvgIpc) is 2.95. The first kappa shape index (κ1) is 16.2. The maximum atomic E-state index is 11.4. The van der Waals surface area contributed by atoms with Crippen LogP contribution in [0, 0.1) is 0 Å². The van der Waals surface area contributed by atoms with Gasteiger partial charge in [0.1, 0.15) is 0 Å². The Hall–Kier alpha value is -1.18. The van der Waals surface area contributed by atoms with Crippen molar-refractivity contribution < 1.29 is 13.2 Å². The van der Waals surface area contributed by atoms with Crippen LogP contribution in [0.2, 0.25) is 0 Å². The predicted octanol–water partition coefficient (Wildman–Crippen LogP) is 1.23. The molecular weight excluding hydrogens is 308 g/mol. The number of rotatable bonds is 5. The SMILES string of the molecule is CS(=O)(=O)c1ccc(CNC(=S)NC[C@@H]2CCCO2)cc1. The Kier molecular flexibility index (Phi) is 5.55. The van der Waals surface area contributed by atoms with Gasteiger partial charge in [0, 0.05) is 26.0 Å². The second-order valence-corrected chi connectivity index (χ2v) is 7.54. The van der Waals surface area contributed by atoms with Crippen LogP contribution in [0.5, 0.6) is 0 Å². The second kappa shape index (κ2) is 7.20. The topological polar surface area (TPSA) is 67.4 Å². The number of hydrogen-bond acceptors (Lipinski definition) is 4. The van der Waals surface area contributed by atoms with Gasteiger partial charge in [-0.1, -0.05) is 12.1 Å². The van der Waals surface area contributed by atoms with Gasteiger partial charge in [0.25, 0.3) is 0 Å². The lowest BCUT2D eigenvalue weighted by Crippen LogP contribution is -2.39. The van der Waals surface area contributed by atoms with Crippen molar-refractivity contribution in [1.29, 1.82) is 0 Å². The van der Waals surface area contributed by atoms with Crippen molar-refractivity contribution in [3.05, 3.63) is 29.8 Å². The summed E-state index contributed by atoms with van der Waals surface area (Å²) in [5.74, 6) is 0. The van der Waals surface area contributed by atoms with Crippen molar-refractivity contribution in [2.24, 2.45) is 0 Å². The smallest absolute Gasteiger partial charge is 0.175 e. The standard InChI is InChI=1S/C14H20N2O3S2/c1-21(17,18)13-6-4-11(5-7-13)9-15-14(20)16-10-12-3-2-8-19-12/h4-7,12H,2-3,8-10H2,1H3,(H2,15,16,20)/t12-/m0/s1. The van der Waals surface area contributed by atoms with E-state index in [9.17, 15) is 8.42 Å². The zero-order valence-corrected chi connectivity index (χ0v) is 13.6. The minimum absolute atomic E-state index is 0.249. The Morgan fingerprint density at radius 1 is 1.33 bits per heavy atom. The zero-order chi connectivity index (χ0) is 15.3. The molecule has 1 aromatic rings. The number of nitrogens with one attached hydrogen (secondary N) is 2. The highest BCUT2D eigenvalue weighted by Gasteiger charge is 2.15. The van der Waals surface area contributed by atoms with Gasteiger partial charge in [0.15, 0.2) is 14.9 Å².